The molecule has 0 aliphatic rings. The Bertz CT molecular complexity index is 871. The van der Waals surface area contributed by atoms with Gasteiger partial charge in [-0.15, -0.1) is 0 Å². The molecule has 0 fully saturated rings. The molecule has 1 aromatic heterocycles. The third kappa shape index (κ3) is 3.69. The fourth-order valence-corrected chi connectivity index (χ4v) is 2.74. The first-order valence-electron chi connectivity index (χ1n) is 7.99. The molecular weight excluding hydrogens is 296 g/mol. The predicted octanol–water partition coefficient (Wildman–Crippen LogP) is 4.30. The van der Waals surface area contributed by atoms with Crippen LogP contribution in [0.3, 0.4) is 0 Å². The molecule has 0 saturated heterocycles. The van der Waals surface area contributed by atoms with Crippen LogP contribution in [0.5, 0.6) is 0 Å². The molecule has 3 nitrogen and oxygen atoms in total. The van der Waals surface area contributed by atoms with E-state index in [0.717, 1.165) is 22.4 Å². The SMILES string of the molecule is Cc1cccc(-c2ccccc2C(=O)NCc2ccnc(C)c2)c1. The first-order chi connectivity index (χ1) is 11.6. The molecule has 0 saturated carbocycles. The number of nitrogens with one attached hydrogen (secondary N) is 1. The molecular formula is C21H20N2O. The zero-order valence-corrected chi connectivity index (χ0v) is 13.9. The second-order valence-electron chi connectivity index (χ2n) is 5.90. The molecule has 3 heteroatoms. The summed E-state index contributed by atoms with van der Waals surface area (Å²) in [5, 5.41) is 3.00. The van der Waals surface area contributed by atoms with Crippen molar-refractivity contribution in [2.24, 2.45) is 0 Å². The molecule has 0 aliphatic heterocycles. The third-order valence-electron chi connectivity index (χ3n) is 3.91. The highest BCUT2D eigenvalue weighted by atomic mass is 16.1. The van der Waals surface area contributed by atoms with Gasteiger partial charge in [0.15, 0.2) is 0 Å². The molecule has 0 bridgehead atoms. The quantitative estimate of drug-likeness (QED) is 0.780. The fraction of sp³-hybridized carbons (Fsp3) is 0.143. The standard InChI is InChI=1S/C21H20N2O/c1-15-6-5-7-18(12-15)19-8-3-4-9-20(19)21(24)23-14-17-10-11-22-16(2)13-17/h3-13H,14H2,1-2H3,(H,23,24). The predicted molar refractivity (Wildman–Crippen MR) is 96.8 cm³/mol. The number of benzene rings is 2. The Labute approximate surface area is 142 Å². The lowest BCUT2D eigenvalue weighted by Gasteiger charge is -2.11. The van der Waals surface area contributed by atoms with Gasteiger partial charge in [0, 0.05) is 24.0 Å². The maximum absolute atomic E-state index is 12.7. The summed E-state index contributed by atoms with van der Waals surface area (Å²) < 4.78 is 0. The number of pyridine rings is 1. The third-order valence-corrected chi connectivity index (χ3v) is 3.91. The van der Waals surface area contributed by atoms with E-state index in [1.807, 2.05) is 55.5 Å². The average Bonchev–Trinajstić information content (AvgIpc) is 2.60. The zero-order valence-electron chi connectivity index (χ0n) is 13.9. The molecule has 1 N–H and O–H groups in total. The van der Waals surface area contributed by atoms with Crippen LogP contribution in [0.25, 0.3) is 11.1 Å². The van der Waals surface area contributed by atoms with Crippen LogP contribution in [0.2, 0.25) is 0 Å². The first kappa shape index (κ1) is 15.9. The number of aromatic nitrogens is 1. The van der Waals surface area contributed by atoms with Crippen molar-refractivity contribution in [3.8, 4) is 11.1 Å². The van der Waals surface area contributed by atoms with Gasteiger partial charge in [0.25, 0.3) is 5.91 Å². The molecule has 3 aromatic rings. The number of carbonyl (C=O) groups is 1. The van der Waals surface area contributed by atoms with Gasteiger partial charge in [-0.05, 0) is 48.7 Å². The van der Waals surface area contributed by atoms with Gasteiger partial charge in [-0.3, -0.25) is 9.78 Å². The Hall–Kier alpha value is -2.94. The summed E-state index contributed by atoms with van der Waals surface area (Å²) in [5.74, 6) is -0.0680. The minimum atomic E-state index is -0.0680. The zero-order chi connectivity index (χ0) is 16.9. The second-order valence-corrected chi connectivity index (χ2v) is 5.90. The number of hydrogen-bond donors (Lipinski definition) is 1. The van der Waals surface area contributed by atoms with E-state index >= 15 is 0 Å². The first-order valence-corrected chi connectivity index (χ1v) is 7.99. The summed E-state index contributed by atoms with van der Waals surface area (Å²) in [6.45, 7) is 4.49. The van der Waals surface area contributed by atoms with Crippen LogP contribution >= 0.6 is 0 Å². The Balaban J connectivity index is 1.83. The van der Waals surface area contributed by atoms with E-state index in [1.54, 1.807) is 6.20 Å². The maximum Gasteiger partial charge on any atom is 0.252 e. The monoisotopic (exact) mass is 316 g/mol. The van der Waals surface area contributed by atoms with E-state index in [9.17, 15) is 4.79 Å². The van der Waals surface area contributed by atoms with Crippen LogP contribution in [-0.2, 0) is 6.54 Å². The van der Waals surface area contributed by atoms with Gasteiger partial charge in [-0.2, -0.15) is 0 Å². The van der Waals surface area contributed by atoms with E-state index in [1.165, 1.54) is 5.56 Å². The van der Waals surface area contributed by atoms with E-state index < -0.39 is 0 Å². The van der Waals surface area contributed by atoms with Crippen molar-refractivity contribution < 1.29 is 4.79 Å². The van der Waals surface area contributed by atoms with Crippen LogP contribution < -0.4 is 5.32 Å². The minimum Gasteiger partial charge on any atom is -0.348 e. The van der Waals surface area contributed by atoms with Crippen LogP contribution in [0.1, 0.15) is 27.2 Å². The van der Waals surface area contributed by atoms with Crippen molar-refractivity contribution in [2.75, 3.05) is 0 Å². The van der Waals surface area contributed by atoms with Gasteiger partial charge in [0.05, 0.1) is 0 Å². The van der Waals surface area contributed by atoms with E-state index in [0.29, 0.717) is 12.1 Å². The normalized spacial score (nSPS) is 10.4. The molecule has 0 spiro atoms. The Kier molecular flexibility index (Phi) is 4.71. The molecule has 3 rings (SSSR count). The highest BCUT2D eigenvalue weighted by Crippen LogP contribution is 2.24. The van der Waals surface area contributed by atoms with Gasteiger partial charge in [0.2, 0.25) is 0 Å². The number of rotatable bonds is 4. The summed E-state index contributed by atoms with van der Waals surface area (Å²) in [7, 11) is 0. The summed E-state index contributed by atoms with van der Waals surface area (Å²) in [6, 6.07) is 19.8. The average molecular weight is 316 g/mol. The summed E-state index contributed by atoms with van der Waals surface area (Å²) >= 11 is 0. The molecule has 0 unspecified atom stereocenters. The lowest BCUT2D eigenvalue weighted by molar-refractivity contribution is 0.0951. The molecule has 0 radical (unpaired) electrons. The van der Waals surface area contributed by atoms with Gasteiger partial charge in [0.1, 0.15) is 0 Å². The van der Waals surface area contributed by atoms with Gasteiger partial charge in [-0.1, -0.05) is 48.0 Å². The van der Waals surface area contributed by atoms with Gasteiger partial charge < -0.3 is 5.32 Å². The largest absolute Gasteiger partial charge is 0.348 e. The second kappa shape index (κ2) is 7.09. The Morgan fingerprint density at radius 3 is 2.62 bits per heavy atom. The summed E-state index contributed by atoms with van der Waals surface area (Å²) in [5.41, 5.74) is 5.86. The van der Waals surface area contributed by atoms with Gasteiger partial charge in [-0.25, -0.2) is 0 Å². The number of amides is 1. The highest BCUT2D eigenvalue weighted by molar-refractivity contribution is 6.00. The Morgan fingerprint density at radius 1 is 1.00 bits per heavy atom. The van der Waals surface area contributed by atoms with E-state index in [2.05, 4.69) is 29.4 Å². The molecule has 1 amide bonds. The fourth-order valence-electron chi connectivity index (χ4n) is 2.74. The van der Waals surface area contributed by atoms with Crippen molar-refractivity contribution in [1.29, 1.82) is 0 Å². The molecule has 0 aliphatic carbocycles. The van der Waals surface area contributed by atoms with Crippen LogP contribution in [0, 0.1) is 13.8 Å². The van der Waals surface area contributed by atoms with Crippen molar-refractivity contribution in [2.45, 2.75) is 20.4 Å². The summed E-state index contributed by atoms with van der Waals surface area (Å²) in [4.78, 5) is 16.8. The van der Waals surface area contributed by atoms with Crippen molar-refractivity contribution in [3.05, 3.63) is 89.2 Å². The number of hydrogen-bond acceptors (Lipinski definition) is 2. The Morgan fingerprint density at radius 2 is 1.83 bits per heavy atom. The van der Waals surface area contributed by atoms with Crippen LogP contribution in [-0.4, -0.2) is 10.9 Å². The number of carbonyl (C=O) groups excluding carboxylic acids is 1. The number of nitrogens with zero attached hydrogens (tertiary/aromatic N) is 1. The van der Waals surface area contributed by atoms with Crippen molar-refractivity contribution in [3.63, 3.8) is 0 Å². The molecule has 0 atom stereocenters. The smallest absolute Gasteiger partial charge is 0.252 e. The van der Waals surface area contributed by atoms with Crippen LogP contribution in [0.4, 0.5) is 0 Å². The van der Waals surface area contributed by atoms with Crippen molar-refractivity contribution in [1.82, 2.24) is 10.3 Å². The van der Waals surface area contributed by atoms with Crippen LogP contribution in [0.15, 0.2) is 66.9 Å². The number of aryl methyl sites for hydroxylation is 2. The van der Waals surface area contributed by atoms with Crippen molar-refractivity contribution >= 4 is 5.91 Å². The van der Waals surface area contributed by atoms with Gasteiger partial charge >= 0.3 is 0 Å². The maximum atomic E-state index is 12.7. The topological polar surface area (TPSA) is 42.0 Å². The lowest BCUT2D eigenvalue weighted by atomic mass is 9.98. The highest BCUT2D eigenvalue weighted by Gasteiger charge is 2.12. The molecule has 2 aromatic carbocycles. The minimum absolute atomic E-state index is 0.0680. The lowest BCUT2D eigenvalue weighted by Crippen LogP contribution is -2.23. The van der Waals surface area contributed by atoms with E-state index in [-0.39, 0.29) is 5.91 Å². The van der Waals surface area contributed by atoms with E-state index in [4.69, 9.17) is 0 Å². The molecule has 1 heterocycles. The molecule has 24 heavy (non-hydrogen) atoms. The molecule has 120 valence electrons. The summed E-state index contributed by atoms with van der Waals surface area (Å²) in [6.07, 6.45) is 1.76.